The second-order valence-electron chi connectivity index (χ2n) is 3.54. The number of nitro groups is 1. The molecule has 0 aromatic heterocycles. The van der Waals surface area contributed by atoms with Crippen molar-refractivity contribution in [2.24, 2.45) is 0 Å². The van der Waals surface area contributed by atoms with Crippen LogP contribution in [0.3, 0.4) is 0 Å². The van der Waals surface area contributed by atoms with E-state index in [1.807, 2.05) is 0 Å². The van der Waals surface area contributed by atoms with E-state index in [2.05, 4.69) is 4.74 Å². The molecule has 90 valence electrons. The third-order valence-electron chi connectivity index (χ3n) is 2.04. The number of hydrogen-bond acceptors (Lipinski definition) is 5. The van der Waals surface area contributed by atoms with E-state index in [4.69, 9.17) is 0 Å². The molecule has 0 fully saturated rings. The van der Waals surface area contributed by atoms with Crippen molar-refractivity contribution in [2.75, 3.05) is 6.61 Å². The summed E-state index contributed by atoms with van der Waals surface area (Å²) in [5.74, 6) is -0.935. The zero-order valence-electron chi connectivity index (χ0n) is 9.43. The lowest BCUT2D eigenvalue weighted by Crippen LogP contribution is -2.11. The summed E-state index contributed by atoms with van der Waals surface area (Å²) in [7, 11) is 0. The van der Waals surface area contributed by atoms with E-state index < -0.39 is 10.9 Å². The van der Waals surface area contributed by atoms with Gasteiger partial charge in [0, 0.05) is 11.6 Å². The zero-order chi connectivity index (χ0) is 13.0. The molecule has 0 atom stereocenters. The monoisotopic (exact) mass is 237 g/mol. The van der Waals surface area contributed by atoms with Gasteiger partial charge in [-0.05, 0) is 26.0 Å². The maximum atomic E-state index is 11.4. The van der Waals surface area contributed by atoms with Crippen LogP contribution in [0.5, 0.6) is 0 Å². The lowest BCUT2D eigenvalue weighted by molar-refractivity contribution is -0.385. The highest BCUT2D eigenvalue weighted by Gasteiger charge is 2.14. The van der Waals surface area contributed by atoms with Crippen LogP contribution in [0.15, 0.2) is 18.2 Å². The summed E-state index contributed by atoms with van der Waals surface area (Å²) in [6, 6.07) is 3.90. The van der Waals surface area contributed by atoms with E-state index in [0.717, 1.165) is 0 Å². The van der Waals surface area contributed by atoms with Gasteiger partial charge in [0.25, 0.3) is 5.69 Å². The molecular formula is C11H11NO5. The molecule has 1 rings (SSSR count). The molecule has 0 unspecified atom stereocenters. The molecule has 1 aromatic rings. The van der Waals surface area contributed by atoms with Crippen LogP contribution in [-0.4, -0.2) is 23.3 Å². The lowest BCUT2D eigenvalue weighted by Gasteiger charge is -2.03. The molecule has 0 bridgehead atoms. The molecule has 0 N–H and O–H groups in total. The number of nitro benzene ring substituents is 1. The van der Waals surface area contributed by atoms with Crippen LogP contribution in [0, 0.1) is 17.0 Å². The normalized spacial score (nSPS) is 9.76. The van der Waals surface area contributed by atoms with Crippen molar-refractivity contribution in [2.45, 2.75) is 13.8 Å². The van der Waals surface area contributed by atoms with Crippen LogP contribution >= 0.6 is 0 Å². The second kappa shape index (κ2) is 5.20. The van der Waals surface area contributed by atoms with Crippen molar-refractivity contribution in [3.8, 4) is 0 Å². The number of benzene rings is 1. The van der Waals surface area contributed by atoms with E-state index in [-0.39, 0.29) is 23.6 Å². The summed E-state index contributed by atoms with van der Waals surface area (Å²) in [6.07, 6.45) is 0. The molecule has 6 nitrogen and oxygen atoms in total. The molecule has 0 spiro atoms. The number of Topliss-reactive ketones (excluding diaryl/α,β-unsaturated/α-hetero) is 1. The topological polar surface area (TPSA) is 86.5 Å². The molecule has 0 aliphatic heterocycles. The Morgan fingerprint density at radius 2 is 2.06 bits per heavy atom. The van der Waals surface area contributed by atoms with Crippen molar-refractivity contribution in [1.82, 2.24) is 0 Å². The first-order valence-corrected chi connectivity index (χ1v) is 4.83. The zero-order valence-corrected chi connectivity index (χ0v) is 9.43. The van der Waals surface area contributed by atoms with Crippen LogP contribution in [0.1, 0.15) is 22.8 Å². The van der Waals surface area contributed by atoms with E-state index in [1.165, 1.54) is 32.0 Å². The minimum Gasteiger partial charge on any atom is -0.454 e. The molecular weight excluding hydrogens is 226 g/mol. The Labute approximate surface area is 97.3 Å². The van der Waals surface area contributed by atoms with Crippen molar-refractivity contribution in [3.63, 3.8) is 0 Å². The first kappa shape index (κ1) is 12.8. The molecule has 0 saturated carbocycles. The third-order valence-corrected chi connectivity index (χ3v) is 2.04. The average molecular weight is 237 g/mol. The molecule has 0 aliphatic carbocycles. The third kappa shape index (κ3) is 3.37. The SMILES string of the molecule is CC(=O)COC(=O)c1ccc([N+](=O)[O-])c(C)c1. The highest BCUT2D eigenvalue weighted by Crippen LogP contribution is 2.19. The van der Waals surface area contributed by atoms with Crippen LogP contribution in [-0.2, 0) is 9.53 Å². The molecule has 0 saturated heterocycles. The number of aryl methyl sites for hydroxylation is 1. The van der Waals surface area contributed by atoms with Crippen LogP contribution < -0.4 is 0 Å². The number of nitrogens with zero attached hydrogens (tertiary/aromatic N) is 1. The molecule has 17 heavy (non-hydrogen) atoms. The van der Waals surface area contributed by atoms with E-state index in [9.17, 15) is 19.7 Å². The van der Waals surface area contributed by atoms with Gasteiger partial charge in [-0.15, -0.1) is 0 Å². The van der Waals surface area contributed by atoms with Crippen LogP contribution in [0.4, 0.5) is 5.69 Å². The number of hydrogen-bond donors (Lipinski definition) is 0. The maximum Gasteiger partial charge on any atom is 0.338 e. The van der Waals surface area contributed by atoms with Gasteiger partial charge in [-0.3, -0.25) is 14.9 Å². The van der Waals surface area contributed by atoms with Gasteiger partial charge in [0.15, 0.2) is 5.78 Å². The van der Waals surface area contributed by atoms with Gasteiger partial charge in [-0.25, -0.2) is 4.79 Å². The fraction of sp³-hybridized carbons (Fsp3) is 0.273. The Hall–Kier alpha value is -2.24. The van der Waals surface area contributed by atoms with Gasteiger partial charge in [-0.1, -0.05) is 0 Å². The first-order valence-electron chi connectivity index (χ1n) is 4.83. The summed E-state index contributed by atoms with van der Waals surface area (Å²) >= 11 is 0. The smallest absolute Gasteiger partial charge is 0.338 e. The fourth-order valence-electron chi connectivity index (χ4n) is 1.24. The number of ether oxygens (including phenoxy) is 1. The molecule has 6 heteroatoms. The molecule has 0 heterocycles. The number of esters is 1. The minimum absolute atomic E-state index is 0.0619. The summed E-state index contributed by atoms with van der Waals surface area (Å²) in [4.78, 5) is 32.1. The molecule has 0 amide bonds. The van der Waals surface area contributed by atoms with Gasteiger partial charge in [0.1, 0.15) is 6.61 Å². The summed E-state index contributed by atoms with van der Waals surface area (Å²) in [5, 5.41) is 10.6. The van der Waals surface area contributed by atoms with Gasteiger partial charge in [-0.2, -0.15) is 0 Å². The Bertz CT molecular complexity index is 481. The number of carbonyl (C=O) groups excluding carboxylic acids is 2. The van der Waals surface area contributed by atoms with Crippen LogP contribution in [0.2, 0.25) is 0 Å². The largest absolute Gasteiger partial charge is 0.454 e. The standard InChI is InChI=1S/C11H11NO5/c1-7-5-9(3-4-10(7)12(15)16)11(14)17-6-8(2)13/h3-5H,6H2,1-2H3. The van der Waals surface area contributed by atoms with Crippen molar-refractivity contribution in [3.05, 3.63) is 39.4 Å². The summed E-state index contributed by atoms with van der Waals surface area (Å²) in [6.45, 7) is 2.53. The molecule has 1 aromatic carbocycles. The first-order chi connectivity index (χ1) is 7.91. The predicted octanol–water partition coefficient (Wildman–Crippen LogP) is 1.65. The number of ketones is 1. The molecule has 0 aliphatic rings. The average Bonchev–Trinajstić information content (AvgIpc) is 2.25. The van der Waals surface area contributed by atoms with E-state index >= 15 is 0 Å². The lowest BCUT2D eigenvalue weighted by atomic mass is 10.1. The fourth-order valence-corrected chi connectivity index (χ4v) is 1.24. The Balaban J connectivity index is 2.86. The van der Waals surface area contributed by atoms with Crippen molar-refractivity contribution in [1.29, 1.82) is 0 Å². The van der Waals surface area contributed by atoms with E-state index in [1.54, 1.807) is 0 Å². The van der Waals surface area contributed by atoms with E-state index in [0.29, 0.717) is 5.56 Å². The van der Waals surface area contributed by atoms with Gasteiger partial charge >= 0.3 is 5.97 Å². The number of carbonyl (C=O) groups is 2. The Kier molecular flexibility index (Phi) is 3.92. The number of rotatable bonds is 4. The summed E-state index contributed by atoms with van der Waals surface area (Å²) < 4.78 is 4.69. The Morgan fingerprint density at radius 1 is 1.41 bits per heavy atom. The predicted molar refractivity (Wildman–Crippen MR) is 58.8 cm³/mol. The van der Waals surface area contributed by atoms with Gasteiger partial charge in [0.2, 0.25) is 0 Å². The summed E-state index contributed by atoms with van der Waals surface area (Å²) in [5.41, 5.74) is 0.495. The van der Waals surface area contributed by atoms with Gasteiger partial charge < -0.3 is 4.74 Å². The second-order valence-corrected chi connectivity index (χ2v) is 3.54. The Morgan fingerprint density at radius 3 is 2.53 bits per heavy atom. The van der Waals surface area contributed by atoms with Crippen LogP contribution in [0.25, 0.3) is 0 Å². The molecule has 0 radical (unpaired) electrons. The highest BCUT2D eigenvalue weighted by atomic mass is 16.6. The quantitative estimate of drug-likeness (QED) is 0.451. The van der Waals surface area contributed by atoms with Crippen molar-refractivity contribution >= 4 is 17.4 Å². The minimum atomic E-state index is -0.668. The highest BCUT2D eigenvalue weighted by molar-refractivity contribution is 5.91. The maximum absolute atomic E-state index is 11.4. The van der Waals surface area contributed by atoms with Gasteiger partial charge in [0.05, 0.1) is 10.5 Å². The van der Waals surface area contributed by atoms with Crippen molar-refractivity contribution < 1.29 is 19.2 Å².